The molecular weight excluding hydrogens is 269 g/mol. The molecule has 0 saturated heterocycles. The number of aliphatic hydroxyl groups excluding tert-OH is 1. The zero-order valence-corrected chi connectivity index (χ0v) is 11.5. The molecule has 0 aliphatic heterocycles. The molecular formula is C17H14FNO2. The third-order valence-electron chi connectivity index (χ3n) is 3.27. The fraction of sp³-hybridized carbons (Fsp3) is 0.118. The van der Waals surface area contributed by atoms with E-state index in [9.17, 15) is 9.50 Å². The largest absolute Gasteiger partial charge is 0.453 e. The van der Waals surface area contributed by atoms with E-state index in [1.807, 2.05) is 12.1 Å². The number of hydrogen-bond donors (Lipinski definition) is 1. The number of benzene rings is 2. The molecule has 2 aromatic carbocycles. The van der Waals surface area contributed by atoms with E-state index in [0.29, 0.717) is 11.3 Å². The zero-order valence-electron chi connectivity index (χ0n) is 11.5. The van der Waals surface area contributed by atoms with Crippen LogP contribution in [0.5, 0.6) is 11.5 Å². The van der Waals surface area contributed by atoms with Crippen LogP contribution in [0.2, 0.25) is 0 Å². The minimum atomic E-state index is -0.816. The highest BCUT2D eigenvalue weighted by molar-refractivity contribution is 5.85. The predicted octanol–water partition coefficient (Wildman–Crippen LogP) is 4.22. The van der Waals surface area contributed by atoms with Crippen LogP contribution < -0.4 is 4.74 Å². The van der Waals surface area contributed by atoms with Crippen LogP contribution in [0.1, 0.15) is 18.6 Å². The van der Waals surface area contributed by atoms with Crippen molar-refractivity contribution in [3.05, 3.63) is 66.1 Å². The standard InChI is InChI=1S/C17H14FNO2/c1-11(20)12-5-2-7-14(18)17(12)21-16-9-3-8-15-13(16)6-4-10-19-15/h2-11,20H,1H3/t11-/m0/s1. The molecule has 0 saturated carbocycles. The van der Waals surface area contributed by atoms with Crippen molar-refractivity contribution in [2.45, 2.75) is 13.0 Å². The topological polar surface area (TPSA) is 42.4 Å². The van der Waals surface area contributed by atoms with Crippen molar-refractivity contribution in [1.29, 1.82) is 0 Å². The van der Waals surface area contributed by atoms with Gasteiger partial charge in [-0.2, -0.15) is 0 Å². The van der Waals surface area contributed by atoms with Crippen LogP contribution in [-0.2, 0) is 0 Å². The van der Waals surface area contributed by atoms with E-state index in [2.05, 4.69) is 4.98 Å². The zero-order chi connectivity index (χ0) is 14.8. The number of fused-ring (bicyclic) bond motifs is 1. The van der Waals surface area contributed by atoms with Gasteiger partial charge in [0.2, 0.25) is 0 Å². The third kappa shape index (κ3) is 2.58. The summed E-state index contributed by atoms with van der Waals surface area (Å²) in [5.41, 5.74) is 1.18. The second-order valence-corrected chi connectivity index (χ2v) is 4.76. The Bertz CT molecular complexity index is 781. The van der Waals surface area contributed by atoms with Gasteiger partial charge < -0.3 is 9.84 Å². The quantitative estimate of drug-likeness (QED) is 0.782. The van der Waals surface area contributed by atoms with E-state index < -0.39 is 11.9 Å². The maximum Gasteiger partial charge on any atom is 0.168 e. The summed E-state index contributed by atoms with van der Waals surface area (Å²) in [6, 6.07) is 13.6. The van der Waals surface area contributed by atoms with Gasteiger partial charge in [0.25, 0.3) is 0 Å². The van der Waals surface area contributed by atoms with Crippen LogP contribution in [0.25, 0.3) is 10.9 Å². The molecule has 0 unspecified atom stereocenters. The number of ether oxygens (including phenoxy) is 1. The van der Waals surface area contributed by atoms with Gasteiger partial charge in [0, 0.05) is 17.1 Å². The first-order valence-electron chi connectivity index (χ1n) is 6.65. The summed E-state index contributed by atoms with van der Waals surface area (Å²) in [6.45, 7) is 1.58. The lowest BCUT2D eigenvalue weighted by molar-refractivity contribution is 0.194. The van der Waals surface area contributed by atoms with Crippen molar-refractivity contribution in [2.75, 3.05) is 0 Å². The molecule has 3 aromatic rings. The fourth-order valence-corrected chi connectivity index (χ4v) is 2.24. The van der Waals surface area contributed by atoms with Crippen LogP contribution in [-0.4, -0.2) is 10.1 Å². The summed E-state index contributed by atoms with van der Waals surface area (Å²) in [5.74, 6) is 0.0470. The molecule has 106 valence electrons. The first-order valence-corrected chi connectivity index (χ1v) is 6.65. The smallest absolute Gasteiger partial charge is 0.168 e. The lowest BCUT2D eigenvalue weighted by atomic mass is 10.1. The summed E-state index contributed by atoms with van der Waals surface area (Å²) in [7, 11) is 0. The van der Waals surface area contributed by atoms with Crippen molar-refractivity contribution in [3.8, 4) is 11.5 Å². The first-order chi connectivity index (χ1) is 10.2. The van der Waals surface area contributed by atoms with Crippen molar-refractivity contribution < 1.29 is 14.2 Å². The van der Waals surface area contributed by atoms with Crippen molar-refractivity contribution in [3.63, 3.8) is 0 Å². The number of rotatable bonds is 3. The average Bonchev–Trinajstić information content (AvgIpc) is 2.49. The normalized spacial score (nSPS) is 12.3. The third-order valence-corrected chi connectivity index (χ3v) is 3.27. The maximum absolute atomic E-state index is 14.0. The van der Waals surface area contributed by atoms with Crippen molar-refractivity contribution >= 4 is 10.9 Å². The van der Waals surface area contributed by atoms with E-state index in [1.165, 1.54) is 6.07 Å². The van der Waals surface area contributed by atoms with E-state index in [1.54, 1.807) is 43.5 Å². The molecule has 1 heterocycles. The second-order valence-electron chi connectivity index (χ2n) is 4.76. The van der Waals surface area contributed by atoms with Gasteiger partial charge in [-0.05, 0) is 37.3 Å². The van der Waals surface area contributed by atoms with Gasteiger partial charge in [-0.25, -0.2) is 4.39 Å². The van der Waals surface area contributed by atoms with Gasteiger partial charge in [0.05, 0.1) is 11.6 Å². The molecule has 0 amide bonds. The molecule has 3 rings (SSSR count). The number of aromatic nitrogens is 1. The van der Waals surface area contributed by atoms with Gasteiger partial charge in [0.15, 0.2) is 11.6 Å². The molecule has 0 bridgehead atoms. The molecule has 0 fully saturated rings. The number of para-hydroxylation sites is 1. The van der Waals surface area contributed by atoms with E-state index >= 15 is 0 Å². The lowest BCUT2D eigenvalue weighted by Gasteiger charge is -2.15. The highest BCUT2D eigenvalue weighted by Crippen LogP contribution is 2.35. The van der Waals surface area contributed by atoms with Crippen LogP contribution in [0.15, 0.2) is 54.7 Å². The number of nitrogens with zero attached hydrogens (tertiary/aromatic N) is 1. The minimum absolute atomic E-state index is 0.0452. The Morgan fingerprint density at radius 3 is 2.71 bits per heavy atom. The van der Waals surface area contributed by atoms with E-state index in [-0.39, 0.29) is 5.75 Å². The molecule has 3 nitrogen and oxygen atoms in total. The highest BCUT2D eigenvalue weighted by Gasteiger charge is 2.15. The van der Waals surface area contributed by atoms with Gasteiger partial charge in [-0.1, -0.05) is 18.2 Å². The Balaban J connectivity index is 2.11. The molecule has 0 radical (unpaired) electrons. The lowest BCUT2D eigenvalue weighted by Crippen LogP contribution is -1.99. The van der Waals surface area contributed by atoms with Crippen molar-refractivity contribution in [1.82, 2.24) is 4.98 Å². The van der Waals surface area contributed by atoms with Crippen LogP contribution >= 0.6 is 0 Å². The molecule has 1 atom stereocenters. The predicted molar refractivity (Wildman–Crippen MR) is 78.9 cm³/mol. The molecule has 4 heteroatoms. The summed E-state index contributed by atoms with van der Waals surface area (Å²) < 4.78 is 19.8. The maximum atomic E-state index is 14.0. The summed E-state index contributed by atoms with van der Waals surface area (Å²) >= 11 is 0. The first kappa shape index (κ1) is 13.5. The minimum Gasteiger partial charge on any atom is -0.453 e. The number of hydrogen-bond acceptors (Lipinski definition) is 3. The molecule has 0 aliphatic carbocycles. The summed E-state index contributed by atoms with van der Waals surface area (Å²) in [4.78, 5) is 4.24. The Morgan fingerprint density at radius 1 is 1.10 bits per heavy atom. The van der Waals surface area contributed by atoms with Crippen LogP contribution in [0, 0.1) is 5.82 Å². The van der Waals surface area contributed by atoms with Gasteiger partial charge in [0.1, 0.15) is 5.75 Å². The monoisotopic (exact) mass is 283 g/mol. The number of aliphatic hydroxyl groups is 1. The molecule has 1 N–H and O–H groups in total. The van der Waals surface area contributed by atoms with Gasteiger partial charge in [-0.15, -0.1) is 0 Å². The number of halogens is 1. The highest BCUT2D eigenvalue weighted by atomic mass is 19.1. The molecule has 21 heavy (non-hydrogen) atoms. The average molecular weight is 283 g/mol. The molecule has 1 aromatic heterocycles. The second kappa shape index (κ2) is 5.50. The van der Waals surface area contributed by atoms with Gasteiger partial charge in [-0.3, -0.25) is 4.98 Å². The fourth-order valence-electron chi connectivity index (χ4n) is 2.24. The summed E-state index contributed by atoms with van der Waals surface area (Å²) in [6.07, 6.45) is 0.875. The Labute approximate surface area is 121 Å². The van der Waals surface area contributed by atoms with Crippen LogP contribution in [0.4, 0.5) is 4.39 Å². The number of pyridine rings is 1. The molecule has 0 spiro atoms. The summed E-state index contributed by atoms with van der Waals surface area (Å²) in [5, 5.41) is 10.6. The van der Waals surface area contributed by atoms with Gasteiger partial charge >= 0.3 is 0 Å². The SMILES string of the molecule is C[C@H](O)c1cccc(F)c1Oc1cccc2ncccc12. The van der Waals surface area contributed by atoms with E-state index in [0.717, 1.165) is 10.9 Å². The Morgan fingerprint density at radius 2 is 1.90 bits per heavy atom. The van der Waals surface area contributed by atoms with Crippen LogP contribution in [0.3, 0.4) is 0 Å². The molecule has 0 aliphatic rings. The Hall–Kier alpha value is -2.46. The van der Waals surface area contributed by atoms with Crippen molar-refractivity contribution in [2.24, 2.45) is 0 Å². The van der Waals surface area contributed by atoms with E-state index in [4.69, 9.17) is 4.74 Å². The Kier molecular flexibility index (Phi) is 3.54.